The summed E-state index contributed by atoms with van der Waals surface area (Å²) < 4.78 is 7.32. The van der Waals surface area contributed by atoms with Crippen LogP contribution in [0.4, 0.5) is 5.69 Å². The topological polar surface area (TPSA) is 138 Å². The summed E-state index contributed by atoms with van der Waals surface area (Å²) in [5, 5.41) is 16.8. The number of fused-ring (bicyclic) bond motifs is 1. The summed E-state index contributed by atoms with van der Waals surface area (Å²) in [5.74, 6) is -0.253. The van der Waals surface area contributed by atoms with E-state index < -0.39 is 0 Å². The van der Waals surface area contributed by atoms with Gasteiger partial charge in [-0.15, -0.1) is 11.3 Å². The smallest absolute Gasteiger partial charge is 0.307 e. The number of imidazole rings is 1. The molecule has 12 heteroatoms. The number of aromatic nitrogens is 2. The standard InChI is InChI=1S/C27H27ClN6O4S/c1-3-38-24(35)12-13-30-26(36)17-6-9-20-19(14-17)32-23(34(20)2)15-31-18-7-4-16(5-8-18)25(29)33-27(37)21-10-11-22(28)39-21/h4-11,14,31H,3,12-13,15H2,1-2H3,(H,30,36)(H2,29,33,37). The predicted molar refractivity (Wildman–Crippen MR) is 152 cm³/mol. The highest BCUT2D eigenvalue weighted by atomic mass is 35.5. The van der Waals surface area contributed by atoms with E-state index >= 15 is 0 Å². The molecule has 2 amide bonds. The fourth-order valence-electron chi connectivity index (χ4n) is 3.78. The van der Waals surface area contributed by atoms with Crippen molar-refractivity contribution in [1.29, 1.82) is 5.41 Å². The molecule has 4 rings (SSSR count). The van der Waals surface area contributed by atoms with Crippen LogP contribution in [-0.2, 0) is 23.1 Å². The average molecular weight is 567 g/mol. The first kappa shape index (κ1) is 27.8. The van der Waals surface area contributed by atoms with Gasteiger partial charge in [0.2, 0.25) is 0 Å². The lowest BCUT2D eigenvalue weighted by Gasteiger charge is -2.09. The highest BCUT2D eigenvalue weighted by Gasteiger charge is 2.14. The van der Waals surface area contributed by atoms with Crippen LogP contribution in [0.25, 0.3) is 11.0 Å². The van der Waals surface area contributed by atoms with Gasteiger partial charge in [0.15, 0.2) is 0 Å². The maximum Gasteiger partial charge on any atom is 0.307 e. The quantitative estimate of drug-likeness (QED) is 0.128. The number of halogens is 1. The van der Waals surface area contributed by atoms with E-state index in [1.807, 2.05) is 29.8 Å². The number of carbonyl (C=O) groups excluding carboxylic acids is 3. The molecule has 0 saturated carbocycles. The van der Waals surface area contributed by atoms with Crippen molar-refractivity contribution in [2.45, 2.75) is 19.9 Å². The molecule has 2 aromatic heterocycles. The van der Waals surface area contributed by atoms with Crippen LogP contribution < -0.4 is 16.0 Å². The van der Waals surface area contributed by atoms with Crippen molar-refractivity contribution in [3.05, 3.63) is 80.8 Å². The number of esters is 1. The Morgan fingerprint density at radius 2 is 1.79 bits per heavy atom. The van der Waals surface area contributed by atoms with E-state index in [1.54, 1.807) is 43.3 Å². The highest BCUT2D eigenvalue weighted by molar-refractivity contribution is 7.18. The number of rotatable bonds is 10. The van der Waals surface area contributed by atoms with Crippen LogP contribution in [0.3, 0.4) is 0 Å². The number of ether oxygens (including phenoxy) is 1. The number of aryl methyl sites for hydroxylation is 1. The maximum atomic E-state index is 12.5. The van der Waals surface area contributed by atoms with Crippen LogP contribution in [0, 0.1) is 5.41 Å². The molecule has 4 N–H and O–H groups in total. The van der Waals surface area contributed by atoms with Gasteiger partial charge in [-0.2, -0.15) is 0 Å². The molecular formula is C27H27ClN6O4S. The van der Waals surface area contributed by atoms with Crippen molar-refractivity contribution in [3.63, 3.8) is 0 Å². The predicted octanol–water partition coefficient (Wildman–Crippen LogP) is 4.34. The minimum atomic E-state index is -0.377. The minimum Gasteiger partial charge on any atom is -0.466 e. The summed E-state index contributed by atoms with van der Waals surface area (Å²) >= 11 is 7.03. The van der Waals surface area contributed by atoms with Crippen molar-refractivity contribution in [3.8, 4) is 0 Å². The number of hydrogen-bond donors (Lipinski definition) is 4. The molecule has 39 heavy (non-hydrogen) atoms. The Labute approximate surface area is 233 Å². The van der Waals surface area contributed by atoms with Crippen molar-refractivity contribution in [2.75, 3.05) is 18.5 Å². The molecule has 2 aromatic carbocycles. The number of anilines is 1. The number of amides is 2. The van der Waals surface area contributed by atoms with E-state index in [0.717, 1.165) is 28.4 Å². The van der Waals surface area contributed by atoms with Gasteiger partial charge in [0.05, 0.1) is 39.8 Å². The molecule has 0 saturated heterocycles. The Morgan fingerprint density at radius 1 is 1.05 bits per heavy atom. The van der Waals surface area contributed by atoms with E-state index in [-0.39, 0.29) is 36.6 Å². The van der Waals surface area contributed by atoms with E-state index in [1.165, 1.54) is 0 Å². The summed E-state index contributed by atoms with van der Waals surface area (Å²) in [6, 6.07) is 15.7. The van der Waals surface area contributed by atoms with E-state index in [2.05, 4.69) is 20.9 Å². The molecule has 0 aliphatic rings. The van der Waals surface area contributed by atoms with Gasteiger partial charge in [-0.1, -0.05) is 11.6 Å². The van der Waals surface area contributed by atoms with E-state index in [9.17, 15) is 14.4 Å². The van der Waals surface area contributed by atoms with Gasteiger partial charge in [-0.25, -0.2) is 4.98 Å². The molecule has 0 bridgehead atoms. The highest BCUT2D eigenvalue weighted by Crippen LogP contribution is 2.21. The van der Waals surface area contributed by atoms with Gasteiger partial charge in [0.1, 0.15) is 11.7 Å². The van der Waals surface area contributed by atoms with Crippen molar-refractivity contribution >= 4 is 63.3 Å². The molecule has 0 spiro atoms. The molecular weight excluding hydrogens is 540 g/mol. The third-order valence-corrected chi connectivity index (χ3v) is 7.05. The Morgan fingerprint density at radius 3 is 2.49 bits per heavy atom. The first-order valence-electron chi connectivity index (χ1n) is 12.1. The molecule has 0 aliphatic heterocycles. The zero-order valence-electron chi connectivity index (χ0n) is 21.3. The molecule has 0 atom stereocenters. The van der Waals surface area contributed by atoms with Gasteiger partial charge in [0, 0.05) is 30.4 Å². The summed E-state index contributed by atoms with van der Waals surface area (Å²) in [7, 11) is 1.90. The number of nitrogens with zero attached hydrogens (tertiary/aromatic N) is 2. The molecule has 0 unspecified atom stereocenters. The van der Waals surface area contributed by atoms with Gasteiger partial charge in [-0.3, -0.25) is 19.8 Å². The lowest BCUT2D eigenvalue weighted by molar-refractivity contribution is -0.142. The summed E-state index contributed by atoms with van der Waals surface area (Å²) in [6.07, 6.45) is 0.114. The number of carbonyl (C=O) groups is 3. The number of benzene rings is 2. The molecule has 4 aromatic rings. The van der Waals surface area contributed by atoms with Crippen LogP contribution in [0.1, 0.15) is 44.8 Å². The van der Waals surface area contributed by atoms with E-state index in [4.69, 9.17) is 21.7 Å². The monoisotopic (exact) mass is 566 g/mol. The lowest BCUT2D eigenvalue weighted by Crippen LogP contribution is -2.29. The largest absolute Gasteiger partial charge is 0.466 e. The van der Waals surface area contributed by atoms with Crippen LogP contribution in [0.5, 0.6) is 0 Å². The average Bonchev–Trinajstić information content (AvgIpc) is 3.50. The zero-order chi connectivity index (χ0) is 27.9. The number of amidine groups is 1. The Bertz CT molecular complexity index is 1530. The molecule has 10 nitrogen and oxygen atoms in total. The van der Waals surface area contributed by atoms with Gasteiger partial charge < -0.3 is 25.3 Å². The van der Waals surface area contributed by atoms with Crippen LogP contribution in [-0.4, -0.2) is 46.3 Å². The van der Waals surface area contributed by atoms with Crippen LogP contribution >= 0.6 is 22.9 Å². The maximum absolute atomic E-state index is 12.5. The summed E-state index contributed by atoms with van der Waals surface area (Å²) in [6.45, 7) is 2.67. The molecule has 0 fully saturated rings. The number of nitrogens with one attached hydrogen (secondary N) is 4. The zero-order valence-corrected chi connectivity index (χ0v) is 22.9. The van der Waals surface area contributed by atoms with E-state index in [0.29, 0.717) is 39.0 Å². The fourth-order valence-corrected chi connectivity index (χ4v) is 4.72. The Hall–Kier alpha value is -4.22. The van der Waals surface area contributed by atoms with Gasteiger partial charge in [0.25, 0.3) is 11.8 Å². The lowest BCUT2D eigenvalue weighted by atomic mass is 10.2. The first-order chi connectivity index (χ1) is 18.7. The molecule has 0 radical (unpaired) electrons. The van der Waals surface area contributed by atoms with Crippen LogP contribution in [0.2, 0.25) is 4.34 Å². The second-order valence-electron chi connectivity index (χ2n) is 8.47. The van der Waals surface area contributed by atoms with Gasteiger partial charge in [-0.05, 0) is 61.5 Å². The summed E-state index contributed by atoms with van der Waals surface area (Å²) in [5.41, 5.74) is 3.39. The second-order valence-corrected chi connectivity index (χ2v) is 10.2. The second kappa shape index (κ2) is 12.5. The Kier molecular flexibility index (Phi) is 8.95. The van der Waals surface area contributed by atoms with Gasteiger partial charge >= 0.3 is 5.97 Å². The van der Waals surface area contributed by atoms with Crippen molar-refractivity contribution in [1.82, 2.24) is 20.2 Å². The van der Waals surface area contributed by atoms with Crippen LogP contribution in [0.15, 0.2) is 54.6 Å². The number of hydrogen-bond acceptors (Lipinski definition) is 8. The molecule has 0 aliphatic carbocycles. The third kappa shape index (κ3) is 7.01. The normalized spacial score (nSPS) is 10.7. The third-order valence-electron chi connectivity index (χ3n) is 5.82. The van der Waals surface area contributed by atoms with Crippen molar-refractivity contribution in [2.24, 2.45) is 7.05 Å². The molecule has 2 heterocycles. The van der Waals surface area contributed by atoms with Crippen molar-refractivity contribution < 1.29 is 19.1 Å². The number of thiophene rings is 1. The molecule has 202 valence electrons. The fraction of sp³-hybridized carbons (Fsp3) is 0.222. The Balaban J connectivity index is 1.34. The SMILES string of the molecule is CCOC(=O)CCNC(=O)c1ccc2c(c1)nc(CNc1ccc(C(=N)NC(=O)c3ccc(Cl)s3)cc1)n2C. The summed E-state index contributed by atoms with van der Waals surface area (Å²) in [4.78, 5) is 41.3. The first-order valence-corrected chi connectivity index (χ1v) is 13.3. The minimum absolute atomic E-state index is 0.00726.